The van der Waals surface area contributed by atoms with Gasteiger partial charge in [0.1, 0.15) is 5.69 Å². The summed E-state index contributed by atoms with van der Waals surface area (Å²) in [4.78, 5) is 11.0. The zero-order valence-corrected chi connectivity index (χ0v) is 6.72. The van der Waals surface area contributed by atoms with E-state index in [1.807, 2.05) is 0 Å². The average molecular weight is 192 g/mol. The van der Waals surface area contributed by atoms with Crippen molar-refractivity contribution in [3.63, 3.8) is 0 Å². The largest absolute Gasteiger partial charge is 0.431 e. The Hall–Kier alpha value is -1.46. The topological polar surface area (TPSA) is 48.0 Å². The minimum atomic E-state index is -4.53. The molecule has 0 aliphatic rings. The molecule has 0 spiro atoms. The van der Waals surface area contributed by atoms with Gasteiger partial charge in [0.2, 0.25) is 0 Å². The first kappa shape index (κ1) is 9.63. The third kappa shape index (κ3) is 1.66. The molecule has 1 heterocycles. The van der Waals surface area contributed by atoms with E-state index in [0.717, 1.165) is 19.2 Å². The molecular formula is C7H7F3N2O. The van der Waals surface area contributed by atoms with Crippen molar-refractivity contribution in [1.82, 2.24) is 4.57 Å². The number of nitrogens with zero attached hydrogens (tertiary/aromatic N) is 1. The molecule has 1 aromatic heterocycles. The maximum atomic E-state index is 12.2. The van der Waals surface area contributed by atoms with Gasteiger partial charge in [-0.1, -0.05) is 0 Å². The maximum Gasteiger partial charge on any atom is 0.431 e. The van der Waals surface area contributed by atoms with Crippen LogP contribution in [-0.2, 0) is 13.2 Å². The van der Waals surface area contributed by atoms with Crippen molar-refractivity contribution in [2.75, 3.05) is 5.73 Å². The van der Waals surface area contributed by atoms with Crippen molar-refractivity contribution in [3.05, 3.63) is 28.2 Å². The molecule has 6 heteroatoms. The fraction of sp³-hybridized carbons (Fsp3) is 0.286. The lowest BCUT2D eigenvalue weighted by molar-refractivity contribution is -0.143. The summed E-state index contributed by atoms with van der Waals surface area (Å²) in [6.45, 7) is 0. The highest BCUT2D eigenvalue weighted by atomic mass is 19.4. The molecule has 0 bridgehead atoms. The Morgan fingerprint density at radius 2 is 1.92 bits per heavy atom. The quantitative estimate of drug-likeness (QED) is 0.666. The van der Waals surface area contributed by atoms with Crippen LogP contribution in [0.25, 0.3) is 0 Å². The lowest BCUT2D eigenvalue weighted by Crippen LogP contribution is -2.26. The van der Waals surface area contributed by atoms with Crippen LogP contribution < -0.4 is 11.3 Å². The number of hydrogen-bond acceptors (Lipinski definition) is 2. The van der Waals surface area contributed by atoms with Crippen LogP contribution in [-0.4, -0.2) is 4.57 Å². The third-order valence-electron chi connectivity index (χ3n) is 1.62. The summed E-state index contributed by atoms with van der Waals surface area (Å²) in [6, 6.07) is 1.72. The highest BCUT2D eigenvalue weighted by molar-refractivity contribution is 5.36. The molecule has 0 fully saturated rings. The number of halogens is 3. The molecule has 1 aromatic rings. The smallest absolute Gasteiger partial charge is 0.394 e. The molecule has 1 rings (SSSR count). The summed E-state index contributed by atoms with van der Waals surface area (Å²) in [6.07, 6.45) is -4.53. The Kier molecular flexibility index (Phi) is 2.07. The van der Waals surface area contributed by atoms with Crippen LogP contribution in [0.3, 0.4) is 0 Å². The first-order valence-electron chi connectivity index (χ1n) is 3.36. The zero-order valence-electron chi connectivity index (χ0n) is 6.72. The van der Waals surface area contributed by atoms with E-state index in [4.69, 9.17) is 5.73 Å². The molecule has 0 aliphatic carbocycles. The summed E-state index contributed by atoms with van der Waals surface area (Å²) in [7, 11) is 1.03. The van der Waals surface area contributed by atoms with E-state index in [-0.39, 0.29) is 5.69 Å². The van der Waals surface area contributed by atoms with Crippen LogP contribution in [0, 0.1) is 0 Å². The molecule has 0 atom stereocenters. The SMILES string of the molecule is Cn1c(C(F)(F)F)ccc(N)c1=O. The number of anilines is 1. The zero-order chi connectivity index (χ0) is 10.2. The molecule has 0 unspecified atom stereocenters. The van der Waals surface area contributed by atoms with Crippen LogP contribution in [0.1, 0.15) is 5.69 Å². The molecular weight excluding hydrogens is 185 g/mol. The van der Waals surface area contributed by atoms with E-state index < -0.39 is 17.4 Å². The Labute approximate surface area is 71.6 Å². The van der Waals surface area contributed by atoms with Crippen molar-refractivity contribution in [3.8, 4) is 0 Å². The standard InChI is InChI=1S/C7H7F3N2O/c1-12-5(7(8,9)10)3-2-4(11)6(12)13/h2-3H,11H2,1H3. The Morgan fingerprint density at radius 1 is 1.38 bits per heavy atom. The van der Waals surface area contributed by atoms with Crippen LogP contribution in [0.4, 0.5) is 18.9 Å². The molecule has 0 amide bonds. The van der Waals surface area contributed by atoms with Crippen molar-refractivity contribution in [2.24, 2.45) is 7.05 Å². The summed E-state index contributed by atoms with van der Waals surface area (Å²) >= 11 is 0. The number of hydrogen-bond donors (Lipinski definition) is 1. The predicted octanol–water partition coefficient (Wildman–Crippen LogP) is 0.986. The van der Waals surface area contributed by atoms with Gasteiger partial charge in [0.15, 0.2) is 0 Å². The van der Waals surface area contributed by atoms with Gasteiger partial charge in [-0.25, -0.2) is 0 Å². The van der Waals surface area contributed by atoms with Crippen molar-refractivity contribution >= 4 is 5.69 Å². The summed E-state index contributed by atoms with van der Waals surface area (Å²) in [5.74, 6) is 0. The molecule has 0 aliphatic heterocycles. The number of nitrogen functional groups attached to an aromatic ring is 1. The lowest BCUT2D eigenvalue weighted by atomic mass is 10.3. The van der Waals surface area contributed by atoms with E-state index in [0.29, 0.717) is 4.57 Å². The molecule has 0 saturated carbocycles. The normalized spacial score (nSPS) is 11.7. The fourth-order valence-corrected chi connectivity index (χ4v) is 0.940. The summed E-state index contributed by atoms with van der Waals surface area (Å²) in [5.41, 5.74) is 3.09. The van der Waals surface area contributed by atoms with Gasteiger partial charge in [-0.2, -0.15) is 13.2 Å². The second-order valence-corrected chi connectivity index (χ2v) is 2.54. The number of pyridine rings is 1. The maximum absolute atomic E-state index is 12.2. The van der Waals surface area contributed by atoms with E-state index in [9.17, 15) is 18.0 Å². The molecule has 13 heavy (non-hydrogen) atoms. The van der Waals surface area contributed by atoms with Crippen LogP contribution in [0.15, 0.2) is 16.9 Å². The first-order valence-corrected chi connectivity index (χ1v) is 3.36. The summed E-state index contributed by atoms with van der Waals surface area (Å²) in [5, 5.41) is 0. The van der Waals surface area contributed by atoms with Gasteiger partial charge in [0.25, 0.3) is 5.56 Å². The number of nitrogens with two attached hydrogens (primary N) is 1. The molecule has 3 nitrogen and oxygen atoms in total. The molecule has 2 N–H and O–H groups in total. The van der Waals surface area contributed by atoms with Gasteiger partial charge >= 0.3 is 6.18 Å². The van der Waals surface area contributed by atoms with Gasteiger partial charge in [-0.15, -0.1) is 0 Å². The number of rotatable bonds is 0. The molecule has 0 aromatic carbocycles. The Bertz CT molecular complexity index is 380. The minimum Gasteiger partial charge on any atom is -0.394 e. The number of alkyl halides is 3. The average Bonchev–Trinajstić information content (AvgIpc) is 1.98. The predicted molar refractivity (Wildman–Crippen MR) is 41.1 cm³/mol. The second-order valence-electron chi connectivity index (χ2n) is 2.54. The second kappa shape index (κ2) is 2.79. The molecule has 72 valence electrons. The minimum absolute atomic E-state index is 0.199. The molecule has 0 radical (unpaired) electrons. The van der Waals surface area contributed by atoms with Crippen LogP contribution in [0.5, 0.6) is 0 Å². The third-order valence-corrected chi connectivity index (χ3v) is 1.62. The van der Waals surface area contributed by atoms with Gasteiger partial charge in [0.05, 0.1) is 5.69 Å². The lowest BCUT2D eigenvalue weighted by Gasteiger charge is -2.11. The monoisotopic (exact) mass is 192 g/mol. The van der Waals surface area contributed by atoms with Crippen molar-refractivity contribution < 1.29 is 13.2 Å². The van der Waals surface area contributed by atoms with Gasteiger partial charge in [0, 0.05) is 7.05 Å². The molecule has 0 saturated heterocycles. The Balaban J connectivity index is 3.44. The highest BCUT2D eigenvalue weighted by Crippen LogP contribution is 2.27. The van der Waals surface area contributed by atoms with Crippen molar-refractivity contribution in [1.29, 1.82) is 0 Å². The summed E-state index contributed by atoms with van der Waals surface area (Å²) < 4.78 is 37.0. The Morgan fingerprint density at radius 3 is 2.38 bits per heavy atom. The van der Waals surface area contributed by atoms with Gasteiger partial charge in [-0.05, 0) is 12.1 Å². The van der Waals surface area contributed by atoms with E-state index in [1.54, 1.807) is 0 Å². The van der Waals surface area contributed by atoms with E-state index >= 15 is 0 Å². The van der Waals surface area contributed by atoms with E-state index in [1.165, 1.54) is 0 Å². The van der Waals surface area contributed by atoms with Crippen molar-refractivity contribution in [2.45, 2.75) is 6.18 Å². The highest BCUT2D eigenvalue weighted by Gasteiger charge is 2.33. The first-order chi connectivity index (χ1) is 5.84. The van der Waals surface area contributed by atoms with Crippen LogP contribution >= 0.6 is 0 Å². The van der Waals surface area contributed by atoms with E-state index in [2.05, 4.69) is 0 Å². The van der Waals surface area contributed by atoms with Gasteiger partial charge in [-0.3, -0.25) is 4.79 Å². The van der Waals surface area contributed by atoms with Crippen LogP contribution in [0.2, 0.25) is 0 Å². The fourth-order valence-electron chi connectivity index (χ4n) is 0.940. The van der Waals surface area contributed by atoms with Gasteiger partial charge < -0.3 is 10.3 Å². The number of aromatic nitrogens is 1.